The van der Waals surface area contributed by atoms with Crippen molar-refractivity contribution in [2.24, 2.45) is 5.73 Å². The Hall–Kier alpha value is -1.56. The number of ether oxygens (including phenoxy) is 1. The molecule has 1 saturated heterocycles. The van der Waals surface area contributed by atoms with E-state index in [1.165, 1.54) is 6.07 Å². The summed E-state index contributed by atoms with van der Waals surface area (Å²) < 4.78 is 31.6. The molecule has 1 fully saturated rings. The lowest BCUT2D eigenvalue weighted by Crippen LogP contribution is -2.54. The SMILES string of the molecule is NC(=O)[C@@H]1COCCN1S(=O)(=O)c1ccc(Br)cc1[N+](=O)[O-]. The van der Waals surface area contributed by atoms with Crippen LogP contribution < -0.4 is 5.73 Å². The molecule has 1 atom stereocenters. The van der Waals surface area contributed by atoms with Crippen LogP contribution in [0.15, 0.2) is 27.6 Å². The molecule has 0 saturated carbocycles. The summed E-state index contributed by atoms with van der Waals surface area (Å²) in [6.45, 7) is -0.213. The van der Waals surface area contributed by atoms with Crippen LogP contribution in [-0.4, -0.2) is 49.4 Å². The highest BCUT2D eigenvalue weighted by molar-refractivity contribution is 9.10. The number of benzene rings is 1. The summed E-state index contributed by atoms with van der Waals surface area (Å²) in [7, 11) is -4.26. The van der Waals surface area contributed by atoms with Gasteiger partial charge in [-0.3, -0.25) is 14.9 Å². The molecule has 1 aliphatic heterocycles. The number of primary amides is 1. The molecule has 9 nitrogen and oxygen atoms in total. The first kappa shape index (κ1) is 16.8. The fourth-order valence-electron chi connectivity index (χ4n) is 2.08. The van der Waals surface area contributed by atoms with E-state index in [4.69, 9.17) is 10.5 Å². The van der Waals surface area contributed by atoms with Gasteiger partial charge < -0.3 is 10.5 Å². The van der Waals surface area contributed by atoms with Crippen LogP contribution in [0.4, 0.5) is 5.69 Å². The van der Waals surface area contributed by atoms with Gasteiger partial charge in [-0.15, -0.1) is 0 Å². The van der Waals surface area contributed by atoms with Crippen LogP contribution in [0.2, 0.25) is 0 Å². The third-order valence-corrected chi connectivity index (χ3v) is 5.56. The van der Waals surface area contributed by atoms with E-state index in [1.54, 1.807) is 0 Å². The van der Waals surface area contributed by atoms with Crippen LogP contribution in [0.5, 0.6) is 0 Å². The number of nitrogens with two attached hydrogens (primary N) is 1. The summed E-state index contributed by atoms with van der Waals surface area (Å²) in [5.74, 6) is -0.872. The first-order valence-corrected chi connectivity index (χ1v) is 8.31. The lowest BCUT2D eigenvalue weighted by atomic mass is 10.3. The number of amides is 1. The van der Waals surface area contributed by atoms with Gasteiger partial charge in [-0.25, -0.2) is 8.42 Å². The van der Waals surface area contributed by atoms with E-state index < -0.39 is 37.5 Å². The molecule has 0 radical (unpaired) electrons. The second kappa shape index (κ2) is 6.28. The largest absolute Gasteiger partial charge is 0.378 e. The van der Waals surface area contributed by atoms with Crippen molar-refractivity contribution in [3.8, 4) is 0 Å². The van der Waals surface area contributed by atoms with Crippen LogP contribution in [0.25, 0.3) is 0 Å². The summed E-state index contributed by atoms with van der Waals surface area (Å²) >= 11 is 3.06. The summed E-state index contributed by atoms with van der Waals surface area (Å²) in [5.41, 5.74) is 4.61. The number of sulfonamides is 1. The maximum Gasteiger partial charge on any atom is 0.290 e. The van der Waals surface area contributed by atoms with Crippen LogP contribution in [0, 0.1) is 10.1 Å². The average molecular weight is 394 g/mol. The van der Waals surface area contributed by atoms with Gasteiger partial charge in [0.15, 0.2) is 4.90 Å². The minimum Gasteiger partial charge on any atom is -0.378 e. The van der Waals surface area contributed by atoms with Crippen LogP contribution >= 0.6 is 15.9 Å². The molecule has 11 heteroatoms. The monoisotopic (exact) mass is 393 g/mol. The molecular weight excluding hydrogens is 382 g/mol. The van der Waals surface area contributed by atoms with E-state index >= 15 is 0 Å². The van der Waals surface area contributed by atoms with Crippen LogP contribution in [0.3, 0.4) is 0 Å². The summed E-state index contributed by atoms with van der Waals surface area (Å²) in [6.07, 6.45) is 0. The van der Waals surface area contributed by atoms with Gasteiger partial charge in [-0.05, 0) is 12.1 Å². The van der Waals surface area contributed by atoms with Gasteiger partial charge >= 0.3 is 0 Å². The normalized spacial score (nSPS) is 19.8. The highest BCUT2D eigenvalue weighted by Gasteiger charge is 2.40. The minimum absolute atomic E-state index is 0.0767. The number of nitro benzene ring substituents is 1. The number of halogens is 1. The van der Waals surface area contributed by atoms with E-state index in [0.29, 0.717) is 4.47 Å². The number of nitrogens with zero attached hydrogens (tertiary/aromatic N) is 2. The highest BCUT2D eigenvalue weighted by Crippen LogP contribution is 2.31. The van der Waals surface area contributed by atoms with Crippen molar-refractivity contribution in [1.82, 2.24) is 4.31 Å². The summed E-state index contributed by atoms with van der Waals surface area (Å²) in [4.78, 5) is 21.2. The van der Waals surface area contributed by atoms with Crippen molar-refractivity contribution in [1.29, 1.82) is 0 Å². The molecule has 1 aromatic carbocycles. The summed E-state index contributed by atoms with van der Waals surface area (Å²) in [5, 5.41) is 11.1. The van der Waals surface area contributed by atoms with E-state index in [9.17, 15) is 23.3 Å². The predicted octanol–water partition coefficient (Wildman–Crippen LogP) is 0.232. The average Bonchev–Trinajstić information content (AvgIpc) is 2.46. The second-order valence-corrected chi connectivity index (χ2v) is 7.25. The Kier molecular flexibility index (Phi) is 4.80. The number of nitro groups is 1. The maximum atomic E-state index is 12.7. The molecule has 0 unspecified atom stereocenters. The van der Waals surface area contributed by atoms with Crippen LogP contribution in [-0.2, 0) is 19.6 Å². The number of hydrogen-bond acceptors (Lipinski definition) is 6. The molecule has 2 rings (SSSR count). The molecule has 0 aromatic heterocycles. The first-order chi connectivity index (χ1) is 10.2. The molecule has 1 aliphatic rings. The van der Waals surface area contributed by atoms with Crippen molar-refractivity contribution in [3.63, 3.8) is 0 Å². The Morgan fingerprint density at radius 2 is 2.18 bits per heavy atom. The van der Waals surface area contributed by atoms with E-state index in [0.717, 1.165) is 16.4 Å². The Bertz CT molecular complexity index is 723. The fourth-order valence-corrected chi connectivity index (χ4v) is 4.13. The maximum absolute atomic E-state index is 12.7. The topological polar surface area (TPSA) is 133 Å². The van der Waals surface area contributed by atoms with Crippen molar-refractivity contribution >= 4 is 37.5 Å². The van der Waals surface area contributed by atoms with Gasteiger partial charge in [0.2, 0.25) is 5.91 Å². The van der Waals surface area contributed by atoms with Crippen LogP contribution in [0.1, 0.15) is 0 Å². The number of morpholine rings is 1. The predicted molar refractivity (Wildman–Crippen MR) is 78.5 cm³/mol. The van der Waals surface area contributed by atoms with Gasteiger partial charge in [0.1, 0.15) is 6.04 Å². The van der Waals surface area contributed by atoms with Gasteiger partial charge in [-0.1, -0.05) is 15.9 Å². The zero-order valence-corrected chi connectivity index (χ0v) is 13.5. The Morgan fingerprint density at radius 3 is 2.77 bits per heavy atom. The van der Waals surface area contributed by atoms with Crippen molar-refractivity contribution in [3.05, 3.63) is 32.8 Å². The first-order valence-electron chi connectivity index (χ1n) is 6.08. The second-order valence-electron chi connectivity index (χ2n) is 4.48. The lowest BCUT2D eigenvalue weighted by molar-refractivity contribution is -0.388. The molecule has 22 heavy (non-hydrogen) atoms. The Balaban J connectivity index is 2.54. The number of rotatable bonds is 4. The quantitative estimate of drug-likeness (QED) is 0.574. The zero-order chi connectivity index (χ0) is 16.5. The molecule has 1 aromatic rings. The van der Waals surface area contributed by atoms with Crippen molar-refractivity contribution in [2.45, 2.75) is 10.9 Å². The lowest BCUT2D eigenvalue weighted by Gasteiger charge is -2.32. The van der Waals surface area contributed by atoms with Gasteiger partial charge in [0.25, 0.3) is 15.7 Å². The van der Waals surface area contributed by atoms with Crippen molar-refractivity contribution < 1.29 is 22.9 Å². The molecule has 1 amide bonds. The standard InChI is InChI=1S/C11H12BrN3O6S/c12-7-1-2-10(8(5-7)15(17)18)22(19,20)14-3-4-21-6-9(14)11(13)16/h1-2,5,9H,3-4,6H2,(H2,13,16)/t9-/m0/s1. The molecule has 2 N–H and O–H groups in total. The van der Waals surface area contributed by atoms with Crippen molar-refractivity contribution in [2.75, 3.05) is 19.8 Å². The third-order valence-electron chi connectivity index (χ3n) is 3.11. The molecule has 0 aliphatic carbocycles. The molecule has 0 spiro atoms. The Labute approximate surface area is 134 Å². The molecule has 0 bridgehead atoms. The summed E-state index contributed by atoms with van der Waals surface area (Å²) in [6, 6.07) is 2.39. The third kappa shape index (κ3) is 3.11. The number of carbonyl (C=O) groups excluding carboxylic acids is 1. The number of hydrogen-bond donors (Lipinski definition) is 1. The van der Waals surface area contributed by atoms with Gasteiger partial charge in [0, 0.05) is 17.1 Å². The van der Waals surface area contributed by atoms with E-state index in [2.05, 4.69) is 15.9 Å². The van der Waals surface area contributed by atoms with E-state index in [1.807, 2.05) is 0 Å². The molecule has 1 heterocycles. The van der Waals surface area contributed by atoms with Gasteiger partial charge in [-0.2, -0.15) is 4.31 Å². The highest BCUT2D eigenvalue weighted by atomic mass is 79.9. The smallest absolute Gasteiger partial charge is 0.290 e. The zero-order valence-electron chi connectivity index (χ0n) is 11.1. The molecule has 120 valence electrons. The number of carbonyl (C=O) groups is 1. The fraction of sp³-hybridized carbons (Fsp3) is 0.364. The Morgan fingerprint density at radius 1 is 1.50 bits per heavy atom. The van der Waals surface area contributed by atoms with Gasteiger partial charge in [0.05, 0.1) is 18.1 Å². The van der Waals surface area contributed by atoms with E-state index in [-0.39, 0.29) is 19.8 Å². The molecular formula is C11H12BrN3O6S. The minimum atomic E-state index is -4.26.